The van der Waals surface area contributed by atoms with Crippen molar-refractivity contribution < 1.29 is 9.53 Å². The number of aromatic amines is 1. The van der Waals surface area contributed by atoms with Gasteiger partial charge in [0.1, 0.15) is 5.69 Å². The van der Waals surface area contributed by atoms with Crippen LogP contribution in [0.1, 0.15) is 16.1 Å². The van der Waals surface area contributed by atoms with Gasteiger partial charge in [0.25, 0.3) is 0 Å². The van der Waals surface area contributed by atoms with Gasteiger partial charge in [0.2, 0.25) is 0 Å². The van der Waals surface area contributed by atoms with Gasteiger partial charge in [0, 0.05) is 12.6 Å². The number of carbonyl (C=O) groups excluding carboxylic acids is 1. The number of nitrogens with two attached hydrogens (primary N) is 1. The second-order valence-corrected chi connectivity index (χ2v) is 3.52. The topological polar surface area (TPSA) is 68.1 Å². The number of anilines is 1. The molecule has 4 heteroatoms. The summed E-state index contributed by atoms with van der Waals surface area (Å²) in [6.07, 6.45) is 7.58. The van der Waals surface area contributed by atoms with Crippen molar-refractivity contribution in [1.29, 1.82) is 0 Å². The maximum Gasteiger partial charge on any atom is 0.356 e. The third-order valence-corrected chi connectivity index (χ3v) is 2.28. The molecule has 0 aliphatic carbocycles. The largest absolute Gasteiger partial charge is 0.464 e. The van der Waals surface area contributed by atoms with E-state index in [2.05, 4.69) is 22.9 Å². The van der Waals surface area contributed by atoms with Crippen LogP contribution in [0.25, 0.3) is 0 Å². The molecule has 90 valence electrons. The number of esters is 1. The minimum atomic E-state index is -0.471. The molecule has 1 heterocycles. The molecule has 0 atom stereocenters. The Kier molecular flexibility index (Phi) is 4.34. The molecule has 17 heavy (non-hydrogen) atoms. The number of rotatable bonds is 5. The Hall–Kier alpha value is -2.23. The quantitative estimate of drug-likeness (QED) is 0.604. The van der Waals surface area contributed by atoms with Crippen molar-refractivity contribution in [1.82, 2.24) is 4.98 Å². The van der Waals surface area contributed by atoms with Crippen LogP contribution in [0.15, 0.2) is 43.2 Å². The van der Waals surface area contributed by atoms with Gasteiger partial charge < -0.3 is 15.5 Å². The molecule has 1 aromatic rings. The molecule has 0 aliphatic rings. The molecule has 0 bridgehead atoms. The van der Waals surface area contributed by atoms with E-state index in [1.54, 1.807) is 18.3 Å². The Morgan fingerprint density at radius 3 is 2.94 bits per heavy atom. The summed E-state index contributed by atoms with van der Waals surface area (Å²) in [6, 6.07) is 0. The number of aromatic nitrogens is 1. The molecule has 1 rings (SSSR count). The number of carbonyl (C=O) groups is 1. The van der Waals surface area contributed by atoms with E-state index in [1.807, 2.05) is 6.08 Å². The standard InChI is InChI=1S/C13H16N2O2/c1-4-5-6-9(2)7-10-8-15-12(11(10)14)13(16)17-3/h4-6,8,15H,1-2,7,14H2,3H3/b6-5-. The third kappa shape index (κ3) is 3.11. The Morgan fingerprint density at radius 2 is 2.35 bits per heavy atom. The molecule has 1 aromatic heterocycles. The summed E-state index contributed by atoms with van der Waals surface area (Å²) in [6.45, 7) is 7.46. The number of methoxy groups -OCH3 is 1. The van der Waals surface area contributed by atoms with Crippen LogP contribution in [-0.2, 0) is 11.2 Å². The molecule has 0 saturated carbocycles. The molecule has 0 spiro atoms. The Bertz CT molecular complexity index is 470. The first-order valence-electron chi connectivity index (χ1n) is 5.11. The van der Waals surface area contributed by atoms with Crippen LogP contribution in [0.3, 0.4) is 0 Å². The molecule has 0 amide bonds. The lowest BCUT2D eigenvalue weighted by Gasteiger charge is -2.01. The average Bonchev–Trinajstić information content (AvgIpc) is 2.67. The van der Waals surface area contributed by atoms with Gasteiger partial charge in [-0.05, 0) is 5.56 Å². The molecule has 0 saturated heterocycles. The predicted octanol–water partition coefficient (Wildman–Crippen LogP) is 2.22. The van der Waals surface area contributed by atoms with Crippen LogP contribution >= 0.6 is 0 Å². The SMILES string of the molecule is C=C/C=C\C(=C)Cc1c[nH]c(C(=O)OC)c1N. The first-order valence-corrected chi connectivity index (χ1v) is 5.11. The van der Waals surface area contributed by atoms with E-state index in [0.717, 1.165) is 11.1 Å². The Morgan fingerprint density at radius 1 is 1.65 bits per heavy atom. The first-order chi connectivity index (χ1) is 8.10. The number of allylic oxidation sites excluding steroid dienone is 4. The summed E-state index contributed by atoms with van der Waals surface area (Å²) in [4.78, 5) is 14.1. The van der Waals surface area contributed by atoms with Crippen molar-refractivity contribution in [2.24, 2.45) is 0 Å². The van der Waals surface area contributed by atoms with Crippen LogP contribution in [0.2, 0.25) is 0 Å². The van der Waals surface area contributed by atoms with E-state index in [9.17, 15) is 4.79 Å². The molecule has 0 aliphatic heterocycles. The third-order valence-electron chi connectivity index (χ3n) is 2.28. The fraction of sp³-hybridized carbons (Fsp3) is 0.154. The van der Waals surface area contributed by atoms with Crippen molar-refractivity contribution in [3.8, 4) is 0 Å². The van der Waals surface area contributed by atoms with E-state index in [-0.39, 0.29) is 5.69 Å². The highest BCUT2D eigenvalue weighted by Gasteiger charge is 2.15. The lowest BCUT2D eigenvalue weighted by molar-refractivity contribution is 0.0596. The summed E-state index contributed by atoms with van der Waals surface area (Å²) in [5.41, 5.74) is 8.23. The maximum atomic E-state index is 11.3. The van der Waals surface area contributed by atoms with Gasteiger partial charge in [-0.15, -0.1) is 0 Å². The summed E-state index contributed by atoms with van der Waals surface area (Å²) < 4.78 is 4.60. The van der Waals surface area contributed by atoms with Crippen molar-refractivity contribution in [2.45, 2.75) is 6.42 Å². The van der Waals surface area contributed by atoms with Crippen molar-refractivity contribution in [3.63, 3.8) is 0 Å². The molecule has 4 nitrogen and oxygen atoms in total. The fourth-order valence-electron chi connectivity index (χ4n) is 1.40. The molecule has 0 fully saturated rings. The van der Waals surface area contributed by atoms with Crippen molar-refractivity contribution >= 4 is 11.7 Å². The monoisotopic (exact) mass is 232 g/mol. The lowest BCUT2D eigenvalue weighted by Crippen LogP contribution is -2.05. The minimum absolute atomic E-state index is 0.281. The highest BCUT2D eigenvalue weighted by atomic mass is 16.5. The second-order valence-electron chi connectivity index (χ2n) is 3.52. The van der Waals surface area contributed by atoms with Gasteiger partial charge in [-0.1, -0.05) is 37.0 Å². The van der Waals surface area contributed by atoms with E-state index >= 15 is 0 Å². The lowest BCUT2D eigenvalue weighted by atomic mass is 10.1. The van der Waals surface area contributed by atoms with E-state index in [4.69, 9.17) is 5.73 Å². The maximum absolute atomic E-state index is 11.3. The van der Waals surface area contributed by atoms with Gasteiger partial charge in [-0.3, -0.25) is 0 Å². The number of hydrogen-bond donors (Lipinski definition) is 2. The number of hydrogen-bond acceptors (Lipinski definition) is 3. The van der Waals surface area contributed by atoms with Gasteiger partial charge in [0.05, 0.1) is 12.8 Å². The molecular weight excluding hydrogens is 216 g/mol. The molecule has 0 radical (unpaired) electrons. The normalized spacial score (nSPS) is 10.4. The van der Waals surface area contributed by atoms with E-state index < -0.39 is 5.97 Å². The van der Waals surface area contributed by atoms with Crippen LogP contribution in [0, 0.1) is 0 Å². The smallest absolute Gasteiger partial charge is 0.356 e. The van der Waals surface area contributed by atoms with Crippen LogP contribution in [0.5, 0.6) is 0 Å². The fourth-order valence-corrected chi connectivity index (χ4v) is 1.40. The number of nitrogens with one attached hydrogen (secondary N) is 1. The highest BCUT2D eigenvalue weighted by Crippen LogP contribution is 2.20. The zero-order chi connectivity index (χ0) is 12.8. The Balaban J connectivity index is 2.83. The number of H-pyrrole nitrogens is 1. The van der Waals surface area contributed by atoms with Gasteiger partial charge in [0.15, 0.2) is 0 Å². The second kappa shape index (κ2) is 5.75. The van der Waals surface area contributed by atoms with E-state index in [1.165, 1.54) is 7.11 Å². The zero-order valence-corrected chi connectivity index (χ0v) is 9.82. The van der Waals surface area contributed by atoms with Crippen LogP contribution < -0.4 is 5.73 Å². The molecule has 0 aromatic carbocycles. The first kappa shape index (κ1) is 12.8. The van der Waals surface area contributed by atoms with E-state index in [0.29, 0.717) is 12.1 Å². The minimum Gasteiger partial charge on any atom is -0.464 e. The summed E-state index contributed by atoms with van der Waals surface area (Å²) in [7, 11) is 1.31. The summed E-state index contributed by atoms with van der Waals surface area (Å²) >= 11 is 0. The molecule has 0 unspecified atom stereocenters. The summed E-state index contributed by atoms with van der Waals surface area (Å²) in [5, 5.41) is 0. The van der Waals surface area contributed by atoms with Crippen LogP contribution in [0.4, 0.5) is 5.69 Å². The van der Waals surface area contributed by atoms with Crippen molar-refractivity contribution in [2.75, 3.05) is 12.8 Å². The number of nitrogen functional groups attached to an aromatic ring is 1. The average molecular weight is 232 g/mol. The van der Waals surface area contributed by atoms with Gasteiger partial charge in [-0.2, -0.15) is 0 Å². The number of ether oxygens (including phenoxy) is 1. The molecule has 3 N–H and O–H groups in total. The van der Waals surface area contributed by atoms with Crippen LogP contribution in [-0.4, -0.2) is 18.1 Å². The summed E-state index contributed by atoms with van der Waals surface area (Å²) in [5.74, 6) is -0.471. The Labute approximate surface area is 100 Å². The highest BCUT2D eigenvalue weighted by molar-refractivity contribution is 5.94. The zero-order valence-electron chi connectivity index (χ0n) is 9.82. The predicted molar refractivity (Wildman–Crippen MR) is 68.7 cm³/mol. The van der Waals surface area contributed by atoms with Crippen molar-refractivity contribution in [3.05, 3.63) is 54.4 Å². The molecular formula is C13H16N2O2. The van der Waals surface area contributed by atoms with Gasteiger partial charge >= 0.3 is 5.97 Å². The van der Waals surface area contributed by atoms with Gasteiger partial charge in [-0.25, -0.2) is 4.79 Å².